The van der Waals surface area contributed by atoms with Gasteiger partial charge in [0.05, 0.1) is 0 Å². The van der Waals surface area contributed by atoms with Gasteiger partial charge in [-0.2, -0.15) is 0 Å². The smallest absolute Gasteiger partial charge is 0.230 e. The summed E-state index contributed by atoms with van der Waals surface area (Å²) in [4.78, 5) is 26.9. The summed E-state index contributed by atoms with van der Waals surface area (Å²) < 4.78 is 0. The molecule has 4 nitrogen and oxygen atoms in total. The Morgan fingerprint density at radius 2 is 1.92 bits per heavy atom. The van der Waals surface area contributed by atoms with Crippen LogP contribution in [0.3, 0.4) is 0 Å². The highest BCUT2D eigenvalue weighted by Gasteiger charge is 2.32. The van der Waals surface area contributed by atoms with Gasteiger partial charge in [-0.05, 0) is 42.4 Å². The number of fused-ring (bicyclic) bond motifs is 1. The zero-order valence-corrected chi connectivity index (χ0v) is 15.0. The third kappa shape index (κ3) is 3.80. The third-order valence-corrected chi connectivity index (χ3v) is 4.93. The van der Waals surface area contributed by atoms with Crippen molar-refractivity contribution in [1.82, 2.24) is 0 Å². The summed E-state index contributed by atoms with van der Waals surface area (Å²) in [7, 11) is 0. The van der Waals surface area contributed by atoms with Crippen molar-refractivity contribution in [3.8, 4) is 0 Å². The SMILES string of the molecule is CC(C)(C)CC(=O)Nc1ccc2c(c1)N(C(=O)C1CCCC1)CC2. The van der Waals surface area contributed by atoms with E-state index in [4.69, 9.17) is 0 Å². The van der Waals surface area contributed by atoms with Crippen LogP contribution in [0.25, 0.3) is 0 Å². The number of benzene rings is 1. The molecule has 1 heterocycles. The highest BCUT2D eigenvalue weighted by molar-refractivity contribution is 5.98. The highest BCUT2D eigenvalue weighted by atomic mass is 16.2. The molecular weight excluding hydrogens is 300 g/mol. The molecule has 24 heavy (non-hydrogen) atoms. The van der Waals surface area contributed by atoms with E-state index in [0.717, 1.165) is 37.2 Å². The Kier molecular flexibility index (Phi) is 4.66. The van der Waals surface area contributed by atoms with E-state index in [-0.39, 0.29) is 23.1 Å². The van der Waals surface area contributed by atoms with Crippen LogP contribution in [0.1, 0.15) is 58.4 Å². The van der Waals surface area contributed by atoms with Gasteiger partial charge >= 0.3 is 0 Å². The number of rotatable bonds is 3. The second-order valence-corrected chi connectivity index (χ2v) is 8.35. The first-order valence-corrected chi connectivity index (χ1v) is 9.08. The van der Waals surface area contributed by atoms with E-state index in [0.29, 0.717) is 6.42 Å². The number of nitrogens with one attached hydrogen (secondary N) is 1. The van der Waals surface area contributed by atoms with E-state index >= 15 is 0 Å². The van der Waals surface area contributed by atoms with Gasteiger partial charge < -0.3 is 10.2 Å². The van der Waals surface area contributed by atoms with E-state index < -0.39 is 0 Å². The molecule has 1 aromatic rings. The van der Waals surface area contributed by atoms with Gasteiger partial charge in [-0.15, -0.1) is 0 Å². The van der Waals surface area contributed by atoms with Gasteiger partial charge in [0.15, 0.2) is 0 Å². The maximum absolute atomic E-state index is 12.8. The molecule has 0 radical (unpaired) electrons. The molecular formula is C20H28N2O2. The van der Waals surface area contributed by atoms with Gasteiger partial charge in [0.2, 0.25) is 11.8 Å². The lowest BCUT2D eigenvalue weighted by Crippen LogP contribution is -2.33. The Balaban J connectivity index is 1.73. The van der Waals surface area contributed by atoms with Gasteiger partial charge in [-0.25, -0.2) is 0 Å². The lowest BCUT2D eigenvalue weighted by Gasteiger charge is -2.22. The minimum absolute atomic E-state index is 0.0223. The summed E-state index contributed by atoms with van der Waals surface area (Å²) >= 11 is 0. The van der Waals surface area contributed by atoms with E-state index in [1.807, 2.05) is 23.1 Å². The summed E-state index contributed by atoms with van der Waals surface area (Å²) in [6.07, 6.45) is 5.76. The van der Waals surface area contributed by atoms with Gasteiger partial charge in [0.25, 0.3) is 0 Å². The Bertz CT molecular complexity index is 640. The van der Waals surface area contributed by atoms with E-state index in [1.54, 1.807) is 0 Å². The summed E-state index contributed by atoms with van der Waals surface area (Å²) in [5.41, 5.74) is 2.94. The monoisotopic (exact) mass is 328 g/mol. The number of hydrogen-bond donors (Lipinski definition) is 1. The lowest BCUT2D eigenvalue weighted by atomic mass is 9.92. The first-order valence-electron chi connectivity index (χ1n) is 9.08. The van der Waals surface area contributed by atoms with Crippen molar-refractivity contribution in [2.45, 2.75) is 59.3 Å². The molecule has 0 atom stereocenters. The molecule has 2 amide bonds. The molecule has 1 aliphatic heterocycles. The fraction of sp³-hybridized carbons (Fsp3) is 0.600. The van der Waals surface area contributed by atoms with Crippen LogP contribution in [0.15, 0.2) is 18.2 Å². The van der Waals surface area contributed by atoms with Crippen molar-refractivity contribution < 1.29 is 9.59 Å². The topological polar surface area (TPSA) is 49.4 Å². The first kappa shape index (κ1) is 17.0. The average Bonchev–Trinajstić information content (AvgIpc) is 3.14. The molecule has 1 saturated carbocycles. The minimum Gasteiger partial charge on any atom is -0.326 e. The molecule has 0 unspecified atom stereocenters. The van der Waals surface area contributed by atoms with Gasteiger partial charge in [-0.1, -0.05) is 39.7 Å². The zero-order valence-electron chi connectivity index (χ0n) is 15.0. The largest absolute Gasteiger partial charge is 0.326 e. The van der Waals surface area contributed by atoms with Crippen molar-refractivity contribution in [3.05, 3.63) is 23.8 Å². The molecule has 3 rings (SSSR count). The van der Waals surface area contributed by atoms with Crippen LogP contribution in [-0.2, 0) is 16.0 Å². The molecule has 0 aromatic heterocycles. The van der Waals surface area contributed by atoms with Crippen molar-refractivity contribution in [3.63, 3.8) is 0 Å². The van der Waals surface area contributed by atoms with Crippen molar-refractivity contribution in [2.24, 2.45) is 11.3 Å². The van der Waals surface area contributed by atoms with Crippen LogP contribution >= 0.6 is 0 Å². The Morgan fingerprint density at radius 3 is 2.58 bits per heavy atom. The summed E-state index contributed by atoms with van der Waals surface area (Å²) in [6, 6.07) is 5.96. The van der Waals surface area contributed by atoms with Gasteiger partial charge in [0, 0.05) is 30.3 Å². The van der Waals surface area contributed by atoms with Crippen molar-refractivity contribution >= 4 is 23.2 Å². The molecule has 4 heteroatoms. The third-order valence-electron chi connectivity index (χ3n) is 4.93. The number of nitrogens with zero attached hydrogens (tertiary/aromatic N) is 1. The molecule has 2 aliphatic rings. The van der Waals surface area contributed by atoms with Gasteiger partial charge in [-0.3, -0.25) is 9.59 Å². The highest BCUT2D eigenvalue weighted by Crippen LogP contribution is 2.35. The number of hydrogen-bond acceptors (Lipinski definition) is 2. The van der Waals surface area contributed by atoms with Crippen LogP contribution in [0.4, 0.5) is 11.4 Å². The molecule has 1 fully saturated rings. The molecule has 0 bridgehead atoms. The Morgan fingerprint density at radius 1 is 1.21 bits per heavy atom. The predicted molar refractivity (Wildman–Crippen MR) is 97.2 cm³/mol. The van der Waals surface area contributed by atoms with E-state index in [2.05, 4.69) is 26.1 Å². The zero-order chi connectivity index (χ0) is 17.3. The van der Waals surface area contributed by atoms with Gasteiger partial charge in [0.1, 0.15) is 0 Å². The fourth-order valence-electron chi connectivity index (χ4n) is 3.77. The van der Waals surface area contributed by atoms with Crippen LogP contribution in [-0.4, -0.2) is 18.4 Å². The van der Waals surface area contributed by atoms with Crippen LogP contribution in [0.2, 0.25) is 0 Å². The fourth-order valence-corrected chi connectivity index (χ4v) is 3.77. The second-order valence-electron chi connectivity index (χ2n) is 8.35. The van der Waals surface area contributed by atoms with E-state index in [9.17, 15) is 9.59 Å². The summed E-state index contributed by atoms with van der Waals surface area (Å²) in [6.45, 7) is 6.93. The molecule has 130 valence electrons. The Hall–Kier alpha value is -1.84. The number of carbonyl (C=O) groups excluding carboxylic acids is 2. The standard InChI is InChI=1S/C20H28N2O2/c1-20(2,3)13-18(23)21-16-9-8-14-10-11-22(17(14)12-16)19(24)15-6-4-5-7-15/h8-9,12,15H,4-7,10-11,13H2,1-3H3,(H,21,23). The maximum Gasteiger partial charge on any atom is 0.230 e. The first-order chi connectivity index (χ1) is 11.3. The summed E-state index contributed by atoms with van der Waals surface area (Å²) in [5.74, 6) is 0.480. The minimum atomic E-state index is -0.0364. The summed E-state index contributed by atoms with van der Waals surface area (Å²) in [5, 5.41) is 2.98. The Labute approximate surface area is 144 Å². The molecule has 0 saturated heterocycles. The van der Waals surface area contributed by atoms with Crippen LogP contribution in [0.5, 0.6) is 0 Å². The second kappa shape index (κ2) is 6.58. The van der Waals surface area contributed by atoms with Crippen molar-refractivity contribution in [2.75, 3.05) is 16.8 Å². The molecule has 1 N–H and O–H groups in total. The molecule has 0 spiro atoms. The normalized spacial score (nSPS) is 17.9. The number of anilines is 2. The van der Waals surface area contributed by atoms with Crippen molar-refractivity contribution in [1.29, 1.82) is 0 Å². The number of carbonyl (C=O) groups is 2. The average molecular weight is 328 g/mol. The maximum atomic E-state index is 12.8. The number of amides is 2. The van der Waals surface area contributed by atoms with Crippen LogP contribution < -0.4 is 10.2 Å². The quantitative estimate of drug-likeness (QED) is 0.906. The lowest BCUT2D eigenvalue weighted by molar-refractivity contribution is -0.122. The predicted octanol–water partition coefficient (Wildman–Crippen LogP) is 4.14. The van der Waals surface area contributed by atoms with E-state index in [1.165, 1.54) is 18.4 Å². The molecule has 1 aromatic carbocycles. The molecule has 1 aliphatic carbocycles. The van der Waals surface area contributed by atoms with Crippen LogP contribution in [0, 0.1) is 11.3 Å².